The van der Waals surface area contributed by atoms with Crippen molar-refractivity contribution in [3.8, 4) is 11.5 Å². The van der Waals surface area contributed by atoms with E-state index in [0.29, 0.717) is 24.6 Å². The van der Waals surface area contributed by atoms with Crippen LogP contribution in [0.5, 0.6) is 11.5 Å². The van der Waals surface area contributed by atoms with Crippen molar-refractivity contribution in [1.29, 1.82) is 0 Å². The van der Waals surface area contributed by atoms with E-state index in [0.717, 1.165) is 23.0 Å². The molecule has 37 heavy (non-hydrogen) atoms. The molecule has 4 heterocycles. The molecule has 0 aromatic heterocycles. The fraction of sp³-hybridized carbons (Fsp3) is 0.160. The van der Waals surface area contributed by atoms with Crippen LogP contribution in [0.15, 0.2) is 78.9 Å². The average Bonchev–Trinajstić information content (AvgIpc) is 3.01. The summed E-state index contributed by atoms with van der Waals surface area (Å²) in [4.78, 5) is 10.9. The fourth-order valence-corrected chi connectivity index (χ4v) is 4.88. The second-order valence-electron chi connectivity index (χ2n) is 9.47. The molecule has 9 nitrogen and oxygen atoms in total. The van der Waals surface area contributed by atoms with Crippen LogP contribution in [0.2, 0.25) is 0 Å². The molecule has 4 aliphatic rings. The lowest BCUT2D eigenvalue weighted by molar-refractivity contribution is -0.487. The van der Waals surface area contributed by atoms with Crippen LogP contribution in [0, 0.1) is 0 Å². The van der Waals surface area contributed by atoms with Crippen molar-refractivity contribution < 1.29 is 36.8 Å². The summed E-state index contributed by atoms with van der Waals surface area (Å²) in [5, 5.41) is 0. The van der Waals surface area contributed by atoms with Gasteiger partial charge in [0.25, 0.3) is 0 Å². The highest BCUT2D eigenvalue weighted by molar-refractivity contribution is 6.84. The van der Waals surface area contributed by atoms with Crippen molar-refractivity contribution in [1.82, 2.24) is 4.90 Å². The molecule has 2 bridgehead atoms. The van der Waals surface area contributed by atoms with Crippen molar-refractivity contribution in [2.24, 2.45) is 0 Å². The monoisotopic (exact) mass is 497 g/mol. The standard InChI is InChI=1S/C22H19B3N2O5.C3H7NO/c1-2-10-20(11-3-1)23-30-24-26(16-18-8-4-6-12-21(18)28-24)14-15-27-17-19-9-5-7-13-22(19)29-25(27,31-23)32-24;1-4(2)3-5/h1-13,16-17H,14-15H2;3H,1-2H3/t24-,25+;. The van der Waals surface area contributed by atoms with Crippen LogP contribution in [0.25, 0.3) is 0 Å². The van der Waals surface area contributed by atoms with Crippen LogP contribution in [0.1, 0.15) is 11.1 Å². The minimum atomic E-state index is -2.39. The van der Waals surface area contributed by atoms with E-state index in [9.17, 15) is 4.79 Å². The van der Waals surface area contributed by atoms with E-state index in [1.165, 1.54) is 4.90 Å². The Hall–Kier alpha value is -3.86. The Bertz CT molecular complexity index is 1330. The first-order chi connectivity index (χ1) is 18.0. The van der Waals surface area contributed by atoms with Crippen LogP contribution in [0.4, 0.5) is 0 Å². The Morgan fingerprint density at radius 3 is 1.70 bits per heavy atom. The van der Waals surface area contributed by atoms with Crippen molar-refractivity contribution in [2.75, 3.05) is 27.2 Å². The molecule has 2 spiro atoms. The number of rotatable bonds is 2. The third kappa shape index (κ3) is 4.23. The summed E-state index contributed by atoms with van der Waals surface area (Å²) in [6.07, 6.45) is 4.84. The number of benzene rings is 3. The molecular weight excluding hydrogens is 471 g/mol. The van der Waals surface area contributed by atoms with Gasteiger partial charge in [-0.3, -0.25) is 4.79 Å². The number of hydrogen-bond acceptors (Lipinski definition) is 6. The zero-order chi connectivity index (χ0) is 25.5. The van der Waals surface area contributed by atoms with Gasteiger partial charge in [0.15, 0.2) is 13.1 Å². The molecule has 3 aromatic carbocycles. The quantitative estimate of drug-likeness (QED) is 0.390. The molecule has 4 aliphatic heterocycles. The molecule has 2 fully saturated rings. The molecule has 0 N–H and O–H groups in total. The third-order valence-corrected chi connectivity index (χ3v) is 6.65. The van der Waals surface area contributed by atoms with Crippen LogP contribution < -0.4 is 14.8 Å². The number of nitrogens with zero attached hydrogens (tertiary/aromatic N) is 3. The Labute approximate surface area is 215 Å². The number of hydrogen-bond donors (Lipinski definition) is 0. The van der Waals surface area contributed by atoms with Gasteiger partial charge in [-0.2, -0.15) is 0 Å². The maximum atomic E-state index is 9.43. The van der Waals surface area contributed by atoms with Crippen LogP contribution >= 0.6 is 0 Å². The SMILES string of the molecule is C1=[N+]2CC[N+]3=Cc4ccccc4O[B@@-]34OB(c3ccccc3)O[B@-]2(Oc2ccccc21)O4.CN(C)C=O. The number of para-hydroxylation sites is 2. The van der Waals surface area contributed by atoms with Crippen LogP contribution in [-0.2, 0) is 18.5 Å². The predicted molar refractivity (Wildman–Crippen MR) is 141 cm³/mol. The lowest BCUT2D eigenvalue weighted by Crippen LogP contribution is -2.78. The van der Waals surface area contributed by atoms with Crippen molar-refractivity contribution >= 4 is 45.2 Å². The first-order valence-corrected chi connectivity index (χ1v) is 12.3. The molecule has 2 saturated heterocycles. The Balaban J connectivity index is 0.000000463. The summed E-state index contributed by atoms with van der Waals surface area (Å²) in [5.74, 6) is 1.41. The maximum Gasteiger partial charge on any atom is 0.709 e. The zero-order valence-corrected chi connectivity index (χ0v) is 20.7. The summed E-state index contributed by atoms with van der Waals surface area (Å²) in [5.41, 5.74) is 2.82. The van der Waals surface area contributed by atoms with E-state index in [2.05, 4.69) is 0 Å². The van der Waals surface area contributed by atoms with Gasteiger partial charge >= 0.3 is 20.9 Å². The summed E-state index contributed by atoms with van der Waals surface area (Å²) in [6.45, 7) is -3.54. The maximum absolute atomic E-state index is 9.43. The molecule has 12 heteroatoms. The largest absolute Gasteiger partial charge is 0.709 e. The van der Waals surface area contributed by atoms with E-state index in [1.807, 2.05) is 100 Å². The smallest absolute Gasteiger partial charge is 0.609 e. The van der Waals surface area contributed by atoms with E-state index in [4.69, 9.17) is 23.0 Å². The Kier molecular flexibility index (Phi) is 5.87. The molecule has 7 rings (SSSR count). The molecule has 0 saturated carbocycles. The highest BCUT2D eigenvalue weighted by Gasteiger charge is 2.68. The lowest BCUT2D eigenvalue weighted by atomic mass is 9.67. The summed E-state index contributed by atoms with van der Waals surface area (Å²) in [6, 6.07) is 25.5. The number of amides is 1. The normalized spacial score (nSPS) is 24.4. The minimum absolute atomic E-state index is 0.616. The van der Waals surface area contributed by atoms with Gasteiger partial charge < -0.3 is 36.9 Å². The first-order valence-electron chi connectivity index (χ1n) is 12.3. The van der Waals surface area contributed by atoms with Gasteiger partial charge in [-0.15, -0.1) is 0 Å². The summed E-state index contributed by atoms with van der Waals surface area (Å²) < 4.78 is 36.6. The van der Waals surface area contributed by atoms with E-state index in [-0.39, 0.29) is 0 Å². The number of carbonyl (C=O) groups excluding carboxylic acids is 1. The molecule has 1 amide bonds. The van der Waals surface area contributed by atoms with Crippen molar-refractivity contribution in [2.45, 2.75) is 0 Å². The van der Waals surface area contributed by atoms with E-state index in [1.54, 1.807) is 14.1 Å². The molecule has 0 unspecified atom stereocenters. The first kappa shape index (κ1) is 23.5. The fourth-order valence-electron chi connectivity index (χ4n) is 4.88. The second kappa shape index (κ2) is 9.22. The minimum Gasteiger partial charge on any atom is -0.609 e. The van der Waals surface area contributed by atoms with Crippen LogP contribution in [-0.4, -0.2) is 80.8 Å². The molecule has 2 atom stereocenters. The van der Waals surface area contributed by atoms with E-state index < -0.39 is 20.9 Å². The molecule has 0 aliphatic carbocycles. The van der Waals surface area contributed by atoms with Gasteiger partial charge in [0.1, 0.15) is 12.4 Å². The summed E-state index contributed by atoms with van der Waals surface area (Å²) in [7, 11) is 2.64. The van der Waals surface area contributed by atoms with E-state index >= 15 is 0 Å². The molecular formula is C25H26B3N3O6. The van der Waals surface area contributed by atoms with Gasteiger partial charge in [0, 0.05) is 14.1 Å². The molecule has 0 radical (unpaired) electrons. The Morgan fingerprint density at radius 1 is 0.757 bits per heavy atom. The predicted octanol–water partition coefficient (Wildman–Crippen LogP) is 1.08. The highest BCUT2D eigenvalue weighted by atomic mass is 16.9. The summed E-state index contributed by atoms with van der Waals surface area (Å²) >= 11 is 0. The molecule has 186 valence electrons. The van der Waals surface area contributed by atoms with Crippen LogP contribution in [0.3, 0.4) is 0 Å². The van der Waals surface area contributed by atoms with Gasteiger partial charge in [-0.05, 0) is 29.7 Å². The number of carbonyl (C=O) groups is 1. The zero-order valence-electron chi connectivity index (χ0n) is 20.7. The van der Waals surface area contributed by atoms with Gasteiger partial charge in [0.2, 0.25) is 6.41 Å². The molecule has 3 aromatic rings. The topological polar surface area (TPSA) is 72.5 Å². The second-order valence-corrected chi connectivity index (χ2v) is 9.47. The third-order valence-electron chi connectivity index (χ3n) is 6.65. The van der Waals surface area contributed by atoms with Crippen molar-refractivity contribution in [3.63, 3.8) is 0 Å². The van der Waals surface area contributed by atoms with Crippen molar-refractivity contribution in [3.05, 3.63) is 90.0 Å². The number of fused-ring (bicyclic) bond motifs is 2. The Morgan fingerprint density at radius 2 is 1.22 bits per heavy atom. The lowest BCUT2D eigenvalue weighted by Gasteiger charge is -2.52. The highest BCUT2D eigenvalue weighted by Crippen LogP contribution is 2.37. The van der Waals surface area contributed by atoms with Gasteiger partial charge in [-0.1, -0.05) is 54.6 Å². The van der Waals surface area contributed by atoms with Gasteiger partial charge in [0.05, 0.1) is 22.6 Å². The van der Waals surface area contributed by atoms with Gasteiger partial charge in [-0.25, -0.2) is 0 Å². The average molecular weight is 497 g/mol.